The molecule has 1 atom stereocenters. The highest BCUT2D eigenvalue weighted by Gasteiger charge is 2.08. The fourth-order valence-electron chi connectivity index (χ4n) is 1.05. The van der Waals surface area contributed by atoms with E-state index in [-0.39, 0.29) is 18.3 Å². The molecule has 1 rings (SSSR count). The molecule has 0 amide bonds. The lowest BCUT2D eigenvalue weighted by Gasteiger charge is -2.09. The van der Waals surface area contributed by atoms with Gasteiger partial charge in [-0.25, -0.2) is 4.39 Å². The largest absolute Gasteiger partial charge is 0.330 e. The lowest BCUT2D eigenvalue weighted by atomic mass is 10.0. The normalized spacial score (nSPS) is 12.9. The molecule has 0 saturated carbocycles. The smallest absolute Gasteiger partial charge is 0.123 e. The molecule has 0 aliphatic heterocycles. The van der Waals surface area contributed by atoms with E-state index in [9.17, 15) is 8.78 Å². The molecular formula is C9H11F2N. The van der Waals surface area contributed by atoms with Gasteiger partial charge in [-0.2, -0.15) is 0 Å². The molecule has 66 valence electrons. The number of benzene rings is 1. The molecule has 1 aromatic carbocycles. The Morgan fingerprint density at radius 2 is 2.17 bits per heavy atom. The van der Waals surface area contributed by atoms with E-state index >= 15 is 0 Å². The van der Waals surface area contributed by atoms with Crippen LogP contribution in [0.25, 0.3) is 0 Å². The summed E-state index contributed by atoms with van der Waals surface area (Å²) in [4.78, 5) is 0. The summed E-state index contributed by atoms with van der Waals surface area (Å²) in [7, 11) is 0. The second-order valence-corrected chi connectivity index (χ2v) is 2.64. The van der Waals surface area contributed by atoms with Gasteiger partial charge in [0.15, 0.2) is 0 Å². The van der Waals surface area contributed by atoms with Crippen LogP contribution in [0.5, 0.6) is 0 Å². The van der Waals surface area contributed by atoms with Gasteiger partial charge in [0, 0.05) is 12.5 Å². The summed E-state index contributed by atoms with van der Waals surface area (Å²) in [6, 6.07) is 5.88. The summed E-state index contributed by atoms with van der Waals surface area (Å²) in [6.45, 7) is -0.333. The van der Waals surface area contributed by atoms with Gasteiger partial charge in [-0.05, 0) is 17.7 Å². The third kappa shape index (κ3) is 2.01. The van der Waals surface area contributed by atoms with E-state index in [4.69, 9.17) is 5.73 Å². The van der Waals surface area contributed by atoms with Crippen molar-refractivity contribution in [1.29, 1.82) is 0 Å². The monoisotopic (exact) mass is 171 g/mol. The molecule has 12 heavy (non-hydrogen) atoms. The van der Waals surface area contributed by atoms with Gasteiger partial charge in [-0.15, -0.1) is 0 Å². The molecule has 0 aliphatic carbocycles. The first-order chi connectivity index (χ1) is 5.77. The molecule has 0 bridgehead atoms. The van der Waals surface area contributed by atoms with Crippen LogP contribution in [-0.2, 0) is 0 Å². The Balaban J connectivity index is 2.85. The molecule has 1 unspecified atom stereocenters. The zero-order chi connectivity index (χ0) is 8.97. The minimum atomic E-state index is -0.542. The minimum Gasteiger partial charge on any atom is -0.330 e. The summed E-state index contributed by atoms with van der Waals surface area (Å²) in [6.07, 6.45) is 0. The zero-order valence-corrected chi connectivity index (χ0v) is 6.63. The summed E-state index contributed by atoms with van der Waals surface area (Å²) >= 11 is 0. The molecule has 1 aromatic rings. The quantitative estimate of drug-likeness (QED) is 0.737. The van der Waals surface area contributed by atoms with Gasteiger partial charge >= 0.3 is 0 Å². The lowest BCUT2D eigenvalue weighted by molar-refractivity contribution is 0.433. The molecule has 0 aliphatic rings. The summed E-state index contributed by atoms with van der Waals surface area (Å²) < 4.78 is 24.9. The van der Waals surface area contributed by atoms with Crippen molar-refractivity contribution in [2.24, 2.45) is 5.73 Å². The highest BCUT2D eigenvalue weighted by molar-refractivity contribution is 5.21. The van der Waals surface area contributed by atoms with Gasteiger partial charge in [-0.1, -0.05) is 12.1 Å². The highest BCUT2D eigenvalue weighted by Crippen LogP contribution is 2.15. The van der Waals surface area contributed by atoms with Crippen molar-refractivity contribution in [3.8, 4) is 0 Å². The molecule has 0 heterocycles. The second kappa shape index (κ2) is 4.16. The molecule has 3 heteroatoms. The van der Waals surface area contributed by atoms with Crippen molar-refractivity contribution in [2.45, 2.75) is 5.92 Å². The van der Waals surface area contributed by atoms with Crippen molar-refractivity contribution in [1.82, 2.24) is 0 Å². The molecule has 0 radical (unpaired) electrons. The molecular weight excluding hydrogens is 160 g/mol. The van der Waals surface area contributed by atoms with Crippen molar-refractivity contribution in [2.75, 3.05) is 13.2 Å². The predicted molar refractivity (Wildman–Crippen MR) is 44.2 cm³/mol. The van der Waals surface area contributed by atoms with E-state index in [0.717, 1.165) is 0 Å². The second-order valence-electron chi connectivity index (χ2n) is 2.64. The van der Waals surface area contributed by atoms with Crippen LogP contribution in [0.15, 0.2) is 24.3 Å². The van der Waals surface area contributed by atoms with E-state index in [1.165, 1.54) is 12.1 Å². The summed E-state index contributed by atoms with van der Waals surface area (Å²) in [5.41, 5.74) is 5.93. The van der Waals surface area contributed by atoms with Crippen LogP contribution in [0.2, 0.25) is 0 Å². The van der Waals surface area contributed by atoms with E-state index in [1.54, 1.807) is 12.1 Å². The third-order valence-electron chi connectivity index (χ3n) is 1.79. The zero-order valence-electron chi connectivity index (χ0n) is 6.63. The maximum Gasteiger partial charge on any atom is 0.123 e. The number of nitrogens with two attached hydrogens (primary N) is 1. The van der Waals surface area contributed by atoms with Gasteiger partial charge in [0.05, 0.1) is 6.67 Å². The van der Waals surface area contributed by atoms with Crippen molar-refractivity contribution in [3.05, 3.63) is 35.6 Å². The first-order valence-corrected chi connectivity index (χ1v) is 3.79. The van der Waals surface area contributed by atoms with Crippen LogP contribution in [0, 0.1) is 5.82 Å². The first kappa shape index (κ1) is 9.13. The maximum atomic E-state index is 12.6. The summed E-state index contributed by atoms with van der Waals surface area (Å²) in [5, 5.41) is 0. The van der Waals surface area contributed by atoms with Crippen LogP contribution in [0.1, 0.15) is 11.5 Å². The maximum absolute atomic E-state index is 12.6. The number of halogens is 2. The Morgan fingerprint density at radius 3 is 2.67 bits per heavy atom. The van der Waals surface area contributed by atoms with E-state index < -0.39 is 6.67 Å². The Morgan fingerprint density at radius 1 is 1.42 bits per heavy atom. The Labute approximate surface area is 70.2 Å². The number of rotatable bonds is 3. The SMILES string of the molecule is NCC(CF)c1cccc(F)c1. The van der Waals surface area contributed by atoms with Crippen molar-refractivity contribution in [3.63, 3.8) is 0 Å². The van der Waals surface area contributed by atoms with Gasteiger partial charge in [0.2, 0.25) is 0 Å². The fraction of sp³-hybridized carbons (Fsp3) is 0.333. The Hall–Kier alpha value is -0.960. The van der Waals surface area contributed by atoms with Crippen LogP contribution in [-0.4, -0.2) is 13.2 Å². The average molecular weight is 171 g/mol. The summed E-state index contributed by atoms with van der Waals surface area (Å²) in [5.74, 6) is -0.722. The molecule has 0 aromatic heterocycles. The number of hydrogen-bond donors (Lipinski definition) is 1. The molecule has 1 nitrogen and oxygen atoms in total. The predicted octanol–water partition coefficient (Wildman–Crippen LogP) is 1.84. The lowest BCUT2D eigenvalue weighted by Crippen LogP contribution is -2.14. The number of alkyl halides is 1. The van der Waals surface area contributed by atoms with Gasteiger partial charge in [-0.3, -0.25) is 4.39 Å². The van der Waals surface area contributed by atoms with E-state index in [2.05, 4.69) is 0 Å². The molecule has 0 fully saturated rings. The molecule has 0 saturated heterocycles. The van der Waals surface area contributed by atoms with Crippen LogP contribution in [0.3, 0.4) is 0 Å². The van der Waals surface area contributed by atoms with Gasteiger partial charge < -0.3 is 5.73 Å². The molecule has 2 N–H and O–H groups in total. The van der Waals surface area contributed by atoms with Crippen molar-refractivity contribution >= 4 is 0 Å². The fourth-order valence-corrected chi connectivity index (χ4v) is 1.05. The van der Waals surface area contributed by atoms with Crippen molar-refractivity contribution < 1.29 is 8.78 Å². The minimum absolute atomic E-state index is 0.208. The Bertz CT molecular complexity index is 246. The Kier molecular flexibility index (Phi) is 3.17. The van der Waals surface area contributed by atoms with E-state index in [1.807, 2.05) is 0 Å². The highest BCUT2D eigenvalue weighted by atomic mass is 19.1. The standard InChI is InChI=1S/C9H11F2N/c10-5-8(6-12)7-2-1-3-9(11)4-7/h1-4,8H,5-6,12H2. The van der Waals surface area contributed by atoms with E-state index in [0.29, 0.717) is 5.56 Å². The number of hydrogen-bond acceptors (Lipinski definition) is 1. The first-order valence-electron chi connectivity index (χ1n) is 3.79. The molecule has 0 spiro atoms. The van der Waals surface area contributed by atoms with Crippen LogP contribution < -0.4 is 5.73 Å². The topological polar surface area (TPSA) is 26.0 Å². The van der Waals surface area contributed by atoms with Crippen LogP contribution >= 0.6 is 0 Å². The third-order valence-corrected chi connectivity index (χ3v) is 1.79. The van der Waals surface area contributed by atoms with Gasteiger partial charge in [0.25, 0.3) is 0 Å². The van der Waals surface area contributed by atoms with Gasteiger partial charge in [0.1, 0.15) is 5.82 Å². The van der Waals surface area contributed by atoms with Crippen LogP contribution in [0.4, 0.5) is 8.78 Å². The average Bonchev–Trinajstić information content (AvgIpc) is 2.07.